The maximum absolute atomic E-state index is 11.5. The van der Waals surface area contributed by atoms with Crippen LogP contribution in [-0.4, -0.2) is 5.91 Å². The van der Waals surface area contributed by atoms with Crippen molar-refractivity contribution in [2.24, 2.45) is 0 Å². The highest BCUT2D eigenvalue weighted by molar-refractivity contribution is 7.10. The number of hydrogen-bond acceptors (Lipinski definition) is 2. The smallest absolute Gasteiger partial charge is 0.220 e. The molecule has 0 aromatic carbocycles. The lowest BCUT2D eigenvalue weighted by Crippen LogP contribution is -2.29. The molecule has 1 N–H and O–H groups in total. The third-order valence-corrected chi connectivity index (χ3v) is 3.86. The van der Waals surface area contributed by atoms with Gasteiger partial charge in [0.25, 0.3) is 0 Å². The SMILES string of the molecule is CCCC(=O)NC1CCCc2sccc21. The molecule has 2 rings (SSSR count). The molecule has 0 radical (unpaired) electrons. The summed E-state index contributed by atoms with van der Waals surface area (Å²) in [5, 5.41) is 5.26. The first-order valence-corrected chi connectivity index (χ1v) is 6.55. The van der Waals surface area contributed by atoms with E-state index >= 15 is 0 Å². The van der Waals surface area contributed by atoms with Crippen molar-refractivity contribution in [3.63, 3.8) is 0 Å². The number of carbonyl (C=O) groups is 1. The summed E-state index contributed by atoms with van der Waals surface area (Å²) in [4.78, 5) is 13.0. The molecule has 15 heavy (non-hydrogen) atoms. The number of amides is 1. The zero-order chi connectivity index (χ0) is 10.7. The van der Waals surface area contributed by atoms with Crippen LogP contribution in [0.2, 0.25) is 0 Å². The first-order valence-electron chi connectivity index (χ1n) is 5.67. The summed E-state index contributed by atoms with van der Waals surface area (Å²) in [5.74, 6) is 0.196. The molecule has 0 spiro atoms. The molecule has 1 unspecified atom stereocenters. The Balaban J connectivity index is 2.03. The van der Waals surface area contributed by atoms with Crippen molar-refractivity contribution in [3.8, 4) is 0 Å². The topological polar surface area (TPSA) is 29.1 Å². The predicted molar refractivity (Wildman–Crippen MR) is 63.0 cm³/mol. The summed E-state index contributed by atoms with van der Waals surface area (Å²) >= 11 is 1.82. The minimum Gasteiger partial charge on any atom is -0.349 e. The van der Waals surface area contributed by atoms with Gasteiger partial charge in [-0.15, -0.1) is 11.3 Å². The molecule has 0 aliphatic heterocycles. The molecule has 1 heterocycles. The number of rotatable bonds is 3. The molecule has 1 aromatic heterocycles. The number of thiophene rings is 1. The van der Waals surface area contributed by atoms with Crippen LogP contribution in [0.5, 0.6) is 0 Å². The highest BCUT2D eigenvalue weighted by Crippen LogP contribution is 2.33. The molecule has 1 aromatic rings. The van der Waals surface area contributed by atoms with Gasteiger partial charge < -0.3 is 5.32 Å². The Hall–Kier alpha value is -0.830. The van der Waals surface area contributed by atoms with E-state index < -0.39 is 0 Å². The van der Waals surface area contributed by atoms with Gasteiger partial charge in [-0.05, 0) is 42.7 Å². The van der Waals surface area contributed by atoms with Crippen LogP contribution in [0.4, 0.5) is 0 Å². The van der Waals surface area contributed by atoms with Gasteiger partial charge in [-0.3, -0.25) is 4.79 Å². The number of carbonyl (C=O) groups excluding carboxylic acids is 1. The van der Waals surface area contributed by atoms with Crippen molar-refractivity contribution in [1.29, 1.82) is 0 Å². The van der Waals surface area contributed by atoms with Crippen LogP contribution in [0.3, 0.4) is 0 Å². The fourth-order valence-electron chi connectivity index (χ4n) is 2.13. The highest BCUT2D eigenvalue weighted by Gasteiger charge is 2.22. The van der Waals surface area contributed by atoms with E-state index in [1.807, 2.05) is 18.3 Å². The van der Waals surface area contributed by atoms with Gasteiger partial charge in [-0.1, -0.05) is 6.92 Å². The Morgan fingerprint density at radius 1 is 1.67 bits per heavy atom. The molecule has 0 bridgehead atoms. The molecule has 0 saturated heterocycles. The summed E-state index contributed by atoms with van der Waals surface area (Å²) in [7, 11) is 0. The largest absolute Gasteiger partial charge is 0.349 e. The van der Waals surface area contributed by atoms with Gasteiger partial charge in [0, 0.05) is 11.3 Å². The van der Waals surface area contributed by atoms with E-state index in [0.29, 0.717) is 6.42 Å². The lowest BCUT2D eigenvalue weighted by Gasteiger charge is -2.23. The minimum absolute atomic E-state index is 0.196. The van der Waals surface area contributed by atoms with Crippen molar-refractivity contribution < 1.29 is 4.79 Å². The van der Waals surface area contributed by atoms with Gasteiger partial charge in [0.15, 0.2) is 0 Å². The third kappa shape index (κ3) is 2.40. The first kappa shape index (κ1) is 10.7. The second kappa shape index (κ2) is 4.79. The van der Waals surface area contributed by atoms with E-state index in [9.17, 15) is 4.79 Å². The van der Waals surface area contributed by atoms with Gasteiger partial charge in [0.05, 0.1) is 6.04 Å². The number of aryl methyl sites for hydroxylation is 1. The van der Waals surface area contributed by atoms with Crippen molar-refractivity contribution in [2.45, 2.75) is 45.1 Å². The molecule has 1 atom stereocenters. The van der Waals surface area contributed by atoms with Crippen molar-refractivity contribution >= 4 is 17.2 Å². The zero-order valence-electron chi connectivity index (χ0n) is 9.08. The molecular formula is C12H17NOS. The summed E-state index contributed by atoms with van der Waals surface area (Å²) in [5.41, 5.74) is 1.36. The van der Waals surface area contributed by atoms with E-state index in [0.717, 1.165) is 12.8 Å². The van der Waals surface area contributed by atoms with Crippen LogP contribution < -0.4 is 5.32 Å². The fourth-order valence-corrected chi connectivity index (χ4v) is 3.12. The molecule has 0 saturated carbocycles. The van der Waals surface area contributed by atoms with Crippen LogP contribution in [-0.2, 0) is 11.2 Å². The van der Waals surface area contributed by atoms with Crippen molar-refractivity contribution in [1.82, 2.24) is 5.32 Å². The molecule has 1 aliphatic carbocycles. The van der Waals surface area contributed by atoms with Gasteiger partial charge >= 0.3 is 0 Å². The van der Waals surface area contributed by atoms with E-state index in [4.69, 9.17) is 0 Å². The van der Waals surface area contributed by atoms with E-state index in [2.05, 4.69) is 16.8 Å². The zero-order valence-corrected chi connectivity index (χ0v) is 9.90. The average molecular weight is 223 g/mol. The quantitative estimate of drug-likeness (QED) is 0.838. The maximum atomic E-state index is 11.5. The fraction of sp³-hybridized carbons (Fsp3) is 0.583. The molecule has 0 fully saturated rings. The van der Waals surface area contributed by atoms with E-state index in [1.54, 1.807) is 0 Å². The molecule has 3 heteroatoms. The normalized spacial score (nSPS) is 19.7. The lowest BCUT2D eigenvalue weighted by atomic mass is 9.94. The van der Waals surface area contributed by atoms with Crippen molar-refractivity contribution in [3.05, 3.63) is 21.9 Å². The van der Waals surface area contributed by atoms with Crippen molar-refractivity contribution in [2.75, 3.05) is 0 Å². The Kier molecular flexibility index (Phi) is 3.41. The first-order chi connectivity index (χ1) is 7.31. The minimum atomic E-state index is 0.196. The summed E-state index contributed by atoms with van der Waals surface area (Å²) in [6, 6.07) is 2.44. The maximum Gasteiger partial charge on any atom is 0.220 e. The summed E-state index contributed by atoms with van der Waals surface area (Å²) in [6.07, 6.45) is 5.06. The number of hydrogen-bond donors (Lipinski definition) is 1. The van der Waals surface area contributed by atoms with Crippen LogP contribution in [0.15, 0.2) is 11.4 Å². The predicted octanol–water partition coefficient (Wildman–Crippen LogP) is 3.04. The average Bonchev–Trinajstić information content (AvgIpc) is 2.67. The monoisotopic (exact) mass is 223 g/mol. The second-order valence-electron chi connectivity index (χ2n) is 4.06. The second-order valence-corrected chi connectivity index (χ2v) is 5.06. The number of fused-ring (bicyclic) bond motifs is 1. The summed E-state index contributed by atoms with van der Waals surface area (Å²) in [6.45, 7) is 2.04. The third-order valence-electron chi connectivity index (χ3n) is 2.86. The Morgan fingerprint density at radius 2 is 2.53 bits per heavy atom. The van der Waals surface area contributed by atoms with Gasteiger partial charge in [-0.2, -0.15) is 0 Å². The number of nitrogens with one attached hydrogen (secondary N) is 1. The summed E-state index contributed by atoms with van der Waals surface area (Å²) < 4.78 is 0. The molecule has 82 valence electrons. The van der Waals surface area contributed by atoms with E-state index in [1.165, 1.54) is 23.3 Å². The molecule has 1 aliphatic rings. The molecular weight excluding hydrogens is 206 g/mol. The molecule has 1 amide bonds. The van der Waals surface area contributed by atoms with Gasteiger partial charge in [-0.25, -0.2) is 0 Å². The Labute approximate surface area is 94.7 Å². The standard InChI is InChI=1S/C12H17NOS/c1-2-4-12(14)13-10-5-3-6-11-9(10)7-8-15-11/h7-8,10H,2-6H2,1H3,(H,13,14). The van der Waals surface area contributed by atoms with Crippen LogP contribution >= 0.6 is 11.3 Å². The molecule has 2 nitrogen and oxygen atoms in total. The van der Waals surface area contributed by atoms with Crippen LogP contribution in [0.1, 0.15) is 49.1 Å². The van der Waals surface area contributed by atoms with Crippen LogP contribution in [0, 0.1) is 0 Å². The Bertz CT molecular complexity index is 345. The highest BCUT2D eigenvalue weighted by atomic mass is 32.1. The van der Waals surface area contributed by atoms with Crippen LogP contribution in [0.25, 0.3) is 0 Å². The van der Waals surface area contributed by atoms with E-state index in [-0.39, 0.29) is 11.9 Å². The van der Waals surface area contributed by atoms with Gasteiger partial charge in [0.2, 0.25) is 5.91 Å². The lowest BCUT2D eigenvalue weighted by molar-refractivity contribution is -0.121. The van der Waals surface area contributed by atoms with Gasteiger partial charge in [0.1, 0.15) is 0 Å². The Morgan fingerprint density at radius 3 is 3.33 bits per heavy atom.